The Morgan fingerprint density at radius 3 is 2.72 bits per heavy atom. The van der Waals surface area contributed by atoms with Crippen LogP contribution in [0.3, 0.4) is 0 Å². The van der Waals surface area contributed by atoms with E-state index in [1.54, 1.807) is 21.5 Å². The van der Waals surface area contributed by atoms with Gasteiger partial charge in [0.2, 0.25) is 0 Å². The Balaban J connectivity index is 1.22. The van der Waals surface area contributed by atoms with Gasteiger partial charge in [-0.15, -0.1) is 16.4 Å². The first kappa shape index (κ1) is 18.7. The molecular weight excluding hydrogens is 384 g/mol. The summed E-state index contributed by atoms with van der Waals surface area (Å²) in [5.41, 5.74) is 3.24. The minimum absolute atomic E-state index is 0.0543. The molecule has 0 aromatic carbocycles. The van der Waals surface area contributed by atoms with Crippen LogP contribution in [0.15, 0.2) is 23.0 Å². The fourth-order valence-corrected chi connectivity index (χ4v) is 5.57. The van der Waals surface area contributed by atoms with Gasteiger partial charge >= 0.3 is 0 Å². The molecule has 0 radical (unpaired) electrons. The molecule has 29 heavy (non-hydrogen) atoms. The SMILES string of the molecule is Cc1cc(C)n(-c2ccc(=O)n(CC3CN(Cc4nc5c(s4)CCCC5)C3)n2)n1. The summed E-state index contributed by atoms with van der Waals surface area (Å²) in [4.78, 5) is 21.1. The first-order valence-electron chi connectivity index (χ1n) is 10.4. The summed E-state index contributed by atoms with van der Waals surface area (Å²) < 4.78 is 3.39. The molecule has 0 bridgehead atoms. The maximum atomic E-state index is 12.3. The van der Waals surface area contributed by atoms with Gasteiger partial charge in [0.1, 0.15) is 5.01 Å². The van der Waals surface area contributed by atoms with Crippen LogP contribution >= 0.6 is 11.3 Å². The van der Waals surface area contributed by atoms with E-state index < -0.39 is 0 Å². The highest BCUT2D eigenvalue weighted by atomic mass is 32.1. The summed E-state index contributed by atoms with van der Waals surface area (Å²) in [7, 11) is 0. The number of thiazole rings is 1. The molecule has 0 unspecified atom stereocenters. The molecule has 1 aliphatic heterocycles. The molecule has 0 saturated carbocycles. The van der Waals surface area contributed by atoms with Gasteiger partial charge in [0.05, 0.1) is 24.5 Å². The molecule has 0 amide bonds. The van der Waals surface area contributed by atoms with E-state index in [0.717, 1.165) is 37.4 Å². The molecule has 4 heterocycles. The van der Waals surface area contributed by atoms with Crippen molar-refractivity contribution >= 4 is 11.3 Å². The number of rotatable bonds is 5. The van der Waals surface area contributed by atoms with Crippen molar-refractivity contribution in [3.05, 3.63) is 55.5 Å². The Morgan fingerprint density at radius 2 is 1.97 bits per heavy atom. The summed E-state index contributed by atoms with van der Waals surface area (Å²) in [6, 6.07) is 5.35. The van der Waals surface area contributed by atoms with Crippen molar-refractivity contribution in [2.75, 3.05) is 13.1 Å². The lowest BCUT2D eigenvalue weighted by Crippen LogP contribution is -2.48. The second kappa shape index (κ2) is 7.50. The van der Waals surface area contributed by atoms with Crippen molar-refractivity contribution in [2.45, 2.75) is 52.6 Å². The zero-order valence-electron chi connectivity index (χ0n) is 17.0. The largest absolute Gasteiger partial charge is 0.296 e. The maximum Gasteiger partial charge on any atom is 0.266 e. The van der Waals surface area contributed by atoms with Gasteiger partial charge in [-0.05, 0) is 51.7 Å². The van der Waals surface area contributed by atoms with Crippen molar-refractivity contribution in [3.63, 3.8) is 0 Å². The van der Waals surface area contributed by atoms with Gasteiger partial charge in [-0.1, -0.05) is 0 Å². The number of hydrogen-bond acceptors (Lipinski definition) is 6. The normalized spacial score (nSPS) is 17.3. The summed E-state index contributed by atoms with van der Waals surface area (Å²) in [5, 5.41) is 10.3. The third kappa shape index (κ3) is 3.79. The van der Waals surface area contributed by atoms with E-state index >= 15 is 0 Å². The quantitative estimate of drug-likeness (QED) is 0.646. The monoisotopic (exact) mass is 410 g/mol. The molecule has 3 aromatic heterocycles. The van der Waals surface area contributed by atoms with Crippen LogP contribution in [-0.2, 0) is 25.9 Å². The highest BCUT2D eigenvalue weighted by Gasteiger charge is 2.29. The van der Waals surface area contributed by atoms with E-state index in [0.29, 0.717) is 18.3 Å². The Kier molecular flexibility index (Phi) is 4.83. The molecular formula is C21H26N6OS. The lowest BCUT2D eigenvalue weighted by molar-refractivity contribution is 0.0765. The predicted molar refractivity (Wildman–Crippen MR) is 113 cm³/mol. The molecule has 0 spiro atoms. The fourth-order valence-electron chi connectivity index (χ4n) is 4.37. The number of aryl methyl sites for hydroxylation is 4. The van der Waals surface area contributed by atoms with Gasteiger partial charge in [-0.3, -0.25) is 9.69 Å². The predicted octanol–water partition coefficient (Wildman–Crippen LogP) is 2.51. The zero-order chi connectivity index (χ0) is 20.0. The van der Waals surface area contributed by atoms with Crippen LogP contribution in [0.5, 0.6) is 0 Å². The lowest BCUT2D eigenvalue weighted by atomic mass is 10.0. The van der Waals surface area contributed by atoms with Crippen LogP contribution in [0.25, 0.3) is 5.82 Å². The Morgan fingerprint density at radius 1 is 1.14 bits per heavy atom. The Labute approximate surface area is 174 Å². The van der Waals surface area contributed by atoms with Gasteiger partial charge in [0, 0.05) is 35.6 Å². The van der Waals surface area contributed by atoms with E-state index in [9.17, 15) is 4.79 Å². The summed E-state index contributed by atoms with van der Waals surface area (Å²) >= 11 is 1.89. The van der Waals surface area contributed by atoms with Gasteiger partial charge in [-0.2, -0.15) is 5.10 Å². The van der Waals surface area contributed by atoms with E-state index in [4.69, 9.17) is 4.98 Å². The smallest absolute Gasteiger partial charge is 0.266 e. The van der Waals surface area contributed by atoms with Crippen LogP contribution in [0, 0.1) is 19.8 Å². The van der Waals surface area contributed by atoms with Crippen molar-refractivity contribution in [1.29, 1.82) is 0 Å². The first-order chi connectivity index (χ1) is 14.0. The zero-order valence-corrected chi connectivity index (χ0v) is 17.8. The Bertz CT molecular complexity index is 1070. The topological polar surface area (TPSA) is 68.8 Å². The third-order valence-electron chi connectivity index (χ3n) is 5.79. The number of likely N-dealkylation sites (tertiary alicyclic amines) is 1. The number of fused-ring (bicyclic) bond motifs is 1. The molecule has 5 rings (SSSR count). The second-order valence-electron chi connectivity index (χ2n) is 8.30. The first-order valence-corrected chi connectivity index (χ1v) is 11.2. The van der Waals surface area contributed by atoms with Gasteiger partial charge in [0.25, 0.3) is 5.56 Å². The van der Waals surface area contributed by atoms with Crippen molar-refractivity contribution < 1.29 is 0 Å². The standard InChI is InChI=1S/C21H26N6OS/c1-14-9-15(2)27(23-14)19-7-8-21(28)26(24-19)12-16-10-25(11-16)13-20-22-17-5-3-4-6-18(17)29-20/h7-9,16H,3-6,10-13H2,1-2H3. The van der Waals surface area contributed by atoms with Crippen LogP contribution in [0.1, 0.15) is 39.8 Å². The molecule has 1 saturated heterocycles. The van der Waals surface area contributed by atoms with Gasteiger partial charge in [0.15, 0.2) is 5.82 Å². The van der Waals surface area contributed by atoms with E-state index in [-0.39, 0.29) is 5.56 Å². The van der Waals surface area contributed by atoms with E-state index in [1.807, 2.05) is 31.3 Å². The molecule has 0 N–H and O–H groups in total. The molecule has 8 heteroatoms. The molecule has 0 atom stereocenters. The maximum absolute atomic E-state index is 12.3. The van der Waals surface area contributed by atoms with Gasteiger partial charge < -0.3 is 0 Å². The van der Waals surface area contributed by atoms with E-state index in [2.05, 4.69) is 15.1 Å². The van der Waals surface area contributed by atoms with Crippen LogP contribution in [0.4, 0.5) is 0 Å². The fraction of sp³-hybridized carbons (Fsp3) is 0.524. The Hall–Kier alpha value is -2.32. The lowest BCUT2D eigenvalue weighted by Gasteiger charge is -2.38. The van der Waals surface area contributed by atoms with Gasteiger partial charge in [-0.25, -0.2) is 14.3 Å². The van der Waals surface area contributed by atoms with Crippen LogP contribution in [-0.4, -0.2) is 42.5 Å². The average molecular weight is 411 g/mol. The number of nitrogens with zero attached hydrogens (tertiary/aromatic N) is 6. The highest BCUT2D eigenvalue weighted by Crippen LogP contribution is 2.29. The highest BCUT2D eigenvalue weighted by molar-refractivity contribution is 7.11. The minimum Gasteiger partial charge on any atom is -0.296 e. The average Bonchev–Trinajstić information content (AvgIpc) is 3.23. The number of hydrogen-bond donors (Lipinski definition) is 0. The molecule has 2 aliphatic rings. The number of aromatic nitrogens is 5. The van der Waals surface area contributed by atoms with Crippen molar-refractivity contribution in [1.82, 2.24) is 29.4 Å². The van der Waals surface area contributed by atoms with Crippen molar-refractivity contribution in [2.24, 2.45) is 5.92 Å². The summed E-state index contributed by atoms with van der Waals surface area (Å²) in [5.74, 6) is 1.14. The minimum atomic E-state index is -0.0543. The van der Waals surface area contributed by atoms with Crippen LogP contribution < -0.4 is 5.56 Å². The molecule has 1 fully saturated rings. The van der Waals surface area contributed by atoms with Crippen LogP contribution in [0.2, 0.25) is 0 Å². The third-order valence-corrected chi connectivity index (χ3v) is 6.93. The summed E-state index contributed by atoms with van der Waals surface area (Å²) in [6.45, 7) is 7.52. The van der Waals surface area contributed by atoms with Crippen molar-refractivity contribution in [3.8, 4) is 5.82 Å². The summed E-state index contributed by atoms with van der Waals surface area (Å²) in [6.07, 6.45) is 4.93. The molecule has 152 valence electrons. The molecule has 1 aliphatic carbocycles. The second-order valence-corrected chi connectivity index (χ2v) is 9.46. The molecule has 3 aromatic rings. The van der Waals surface area contributed by atoms with E-state index in [1.165, 1.54) is 34.8 Å². The molecule has 7 nitrogen and oxygen atoms in total.